The van der Waals surface area contributed by atoms with Crippen molar-refractivity contribution in [2.45, 2.75) is 32.0 Å². The molecule has 2 aliphatic rings. The van der Waals surface area contributed by atoms with E-state index in [2.05, 4.69) is 65.9 Å². The number of fused-ring (bicyclic) bond motifs is 5. The van der Waals surface area contributed by atoms with Crippen LogP contribution in [-0.4, -0.2) is 15.2 Å². The van der Waals surface area contributed by atoms with E-state index >= 15 is 0 Å². The molecule has 2 aromatic carbocycles. The molecule has 0 N–H and O–H groups in total. The molecule has 0 unspecified atom stereocenters. The average molecular weight is 305 g/mol. The van der Waals surface area contributed by atoms with Crippen molar-refractivity contribution < 1.29 is 4.84 Å². The number of hydroxylamine groups is 1. The van der Waals surface area contributed by atoms with E-state index in [0.717, 1.165) is 23.6 Å². The van der Waals surface area contributed by atoms with Gasteiger partial charge in [0.1, 0.15) is 11.9 Å². The topological polar surface area (TPSA) is 30.3 Å². The molecule has 3 heterocycles. The first-order chi connectivity index (χ1) is 11.1. The molecule has 0 spiro atoms. The minimum atomic E-state index is -0.206. The van der Waals surface area contributed by atoms with Gasteiger partial charge in [-0.05, 0) is 38.1 Å². The first kappa shape index (κ1) is 13.1. The fourth-order valence-electron chi connectivity index (χ4n) is 4.02. The SMILES string of the molecule is CC1(C)ON(c2ccccc2)[C@H]2c3nc4ccccc4n3C[C@H]21. The molecule has 0 amide bonds. The second-order valence-corrected chi connectivity index (χ2v) is 6.98. The predicted octanol–water partition coefficient (Wildman–Crippen LogP) is 3.94. The summed E-state index contributed by atoms with van der Waals surface area (Å²) < 4.78 is 2.37. The minimum Gasteiger partial charge on any atom is -0.326 e. The molecule has 0 bridgehead atoms. The van der Waals surface area contributed by atoms with Crippen LogP contribution in [0.2, 0.25) is 0 Å². The fourth-order valence-corrected chi connectivity index (χ4v) is 4.02. The normalized spacial score (nSPS) is 24.9. The molecule has 3 aromatic rings. The lowest BCUT2D eigenvalue weighted by Crippen LogP contribution is -2.30. The van der Waals surface area contributed by atoms with E-state index in [-0.39, 0.29) is 11.6 Å². The van der Waals surface area contributed by atoms with Crippen LogP contribution < -0.4 is 5.06 Å². The maximum Gasteiger partial charge on any atom is 0.135 e. The van der Waals surface area contributed by atoms with Crippen LogP contribution >= 0.6 is 0 Å². The zero-order valence-electron chi connectivity index (χ0n) is 13.3. The van der Waals surface area contributed by atoms with E-state index in [9.17, 15) is 0 Å². The van der Waals surface area contributed by atoms with E-state index in [1.54, 1.807) is 0 Å². The van der Waals surface area contributed by atoms with Crippen LogP contribution in [0.25, 0.3) is 11.0 Å². The van der Waals surface area contributed by atoms with Crippen molar-refractivity contribution in [2.75, 3.05) is 5.06 Å². The highest BCUT2D eigenvalue weighted by Gasteiger charge is 2.55. The number of benzene rings is 2. The monoisotopic (exact) mass is 305 g/mol. The van der Waals surface area contributed by atoms with Gasteiger partial charge in [-0.15, -0.1) is 0 Å². The van der Waals surface area contributed by atoms with Crippen molar-refractivity contribution in [1.82, 2.24) is 9.55 Å². The molecule has 2 aliphatic heterocycles. The summed E-state index contributed by atoms with van der Waals surface area (Å²) in [7, 11) is 0. The number of nitrogens with zero attached hydrogens (tertiary/aromatic N) is 3. The Balaban J connectivity index is 1.69. The lowest BCUT2D eigenvalue weighted by atomic mass is 9.87. The summed E-state index contributed by atoms with van der Waals surface area (Å²) in [5.41, 5.74) is 3.18. The van der Waals surface area contributed by atoms with Crippen LogP contribution in [0.15, 0.2) is 54.6 Å². The van der Waals surface area contributed by atoms with Crippen molar-refractivity contribution in [3.05, 3.63) is 60.4 Å². The lowest BCUT2D eigenvalue weighted by Gasteiger charge is -2.25. The summed E-state index contributed by atoms with van der Waals surface area (Å²) in [6.07, 6.45) is 0. The van der Waals surface area contributed by atoms with Gasteiger partial charge in [-0.3, -0.25) is 4.84 Å². The highest BCUT2D eigenvalue weighted by atomic mass is 16.7. The van der Waals surface area contributed by atoms with E-state index in [1.165, 1.54) is 5.52 Å². The molecule has 0 saturated carbocycles. The zero-order chi connectivity index (χ0) is 15.6. The molecule has 1 fully saturated rings. The van der Waals surface area contributed by atoms with Crippen LogP contribution in [0.3, 0.4) is 0 Å². The minimum absolute atomic E-state index is 0.166. The largest absolute Gasteiger partial charge is 0.326 e. The van der Waals surface area contributed by atoms with E-state index in [4.69, 9.17) is 9.82 Å². The summed E-state index contributed by atoms with van der Waals surface area (Å²) in [6, 6.07) is 18.9. The summed E-state index contributed by atoms with van der Waals surface area (Å²) in [4.78, 5) is 11.3. The maximum atomic E-state index is 6.33. The Morgan fingerprint density at radius 1 is 1.04 bits per heavy atom. The molecule has 5 rings (SSSR count). The van der Waals surface area contributed by atoms with Gasteiger partial charge in [-0.1, -0.05) is 30.3 Å². The molecule has 0 radical (unpaired) electrons. The third-order valence-electron chi connectivity index (χ3n) is 5.20. The molecule has 2 atom stereocenters. The molecule has 23 heavy (non-hydrogen) atoms. The molecular weight excluding hydrogens is 286 g/mol. The van der Waals surface area contributed by atoms with E-state index < -0.39 is 0 Å². The number of hydrogen-bond donors (Lipinski definition) is 0. The van der Waals surface area contributed by atoms with Gasteiger partial charge in [-0.25, -0.2) is 10.0 Å². The number of rotatable bonds is 1. The zero-order valence-corrected chi connectivity index (χ0v) is 13.3. The van der Waals surface area contributed by atoms with Gasteiger partial charge < -0.3 is 4.57 Å². The van der Waals surface area contributed by atoms with Crippen molar-refractivity contribution in [2.24, 2.45) is 5.92 Å². The molecule has 116 valence electrons. The van der Waals surface area contributed by atoms with E-state index in [0.29, 0.717) is 5.92 Å². The third-order valence-corrected chi connectivity index (χ3v) is 5.20. The van der Waals surface area contributed by atoms with Gasteiger partial charge in [0.25, 0.3) is 0 Å². The third kappa shape index (κ3) is 1.72. The standard InChI is InChI=1S/C19H19N3O/c1-19(2)14-12-21-16-11-7-6-10-15(16)20-18(21)17(14)22(23-19)13-8-4-3-5-9-13/h3-11,14,17H,12H2,1-2H3/t14-,17-/m1/s1. The summed E-state index contributed by atoms with van der Waals surface area (Å²) in [5.74, 6) is 1.51. The Bertz CT molecular complexity index is 884. The van der Waals surface area contributed by atoms with Gasteiger partial charge in [0.15, 0.2) is 0 Å². The van der Waals surface area contributed by atoms with Gasteiger partial charge in [-0.2, -0.15) is 0 Å². The highest BCUT2D eigenvalue weighted by molar-refractivity contribution is 5.76. The summed E-state index contributed by atoms with van der Waals surface area (Å²) >= 11 is 0. The van der Waals surface area contributed by atoms with Crippen molar-refractivity contribution >= 4 is 16.7 Å². The lowest BCUT2D eigenvalue weighted by molar-refractivity contribution is -0.00845. The quantitative estimate of drug-likeness (QED) is 0.682. The molecule has 4 nitrogen and oxygen atoms in total. The first-order valence-corrected chi connectivity index (χ1v) is 8.14. The van der Waals surface area contributed by atoms with E-state index in [1.807, 2.05) is 12.1 Å². The van der Waals surface area contributed by atoms with Crippen molar-refractivity contribution in [3.8, 4) is 0 Å². The number of hydrogen-bond acceptors (Lipinski definition) is 3. The molecule has 0 aliphatic carbocycles. The van der Waals surface area contributed by atoms with Crippen LogP contribution in [0.1, 0.15) is 25.7 Å². The second kappa shape index (κ2) is 4.36. The van der Waals surface area contributed by atoms with Crippen LogP contribution in [-0.2, 0) is 11.4 Å². The van der Waals surface area contributed by atoms with Gasteiger partial charge >= 0.3 is 0 Å². The average Bonchev–Trinajstić information content (AvgIpc) is 3.17. The number of para-hydroxylation sites is 3. The van der Waals surface area contributed by atoms with Crippen LogP contribution in [0.4, 0.5) is 5.69 Å². The van der Waals surface area contributed by atoms with Gasteiger partial charge in [0, 0.05) is 12.5 Å². The Hall–Kier alpha value is -2.33. The highest BCUT2D eigenvalue weighted by Crippen LogP contribution is 2.52. The van der Waals surface area contributed by atoms with Crippen LogP contribution in [0.5, 0.6) is 0 Å². The second-order valence-electron chi connectivity index (χ2n) is 6.98. The van der Waals surface area contributed by atoms with Gasteiger partial charge in [0.2, 0.25) is 0 Å². The predicted molar refractivity (Wildman–Crippen MR) is 90.0 cm³/mol. The maximum absolute atomic E-state index is 6.33. The first-order valence-electron chi connectivity index (χ1n) is 8.14. The molecule has 4 heteroatoms. The van der Waals surface area contributed by atoms with Crippen LogP contribution in [0, 0.1) is 5.92 Å². The Kier molecular flexibility index (Phi) is 2.49. The number of aromatic nitrogens is 2. The number of imidazole rings is 1. The van der Waals surface area contributed by atoms with Crippen molar-refractivity contribution in [1.29, 1.82) is 0 Å². The Morgan fingerprint density at radius 2 is 1.78 bits per heavy atom. The summed E-state index contributed by atoms with van der Waals surface area (Å²) in [6.45, 7) is 5.32. The number of anilines is 1. The fraction of sp³-hybridized carbons (Fsp3) is 0.316. The Labute approximate surface area is 135 Å². The van der Waals surface area contributed by atoms with Crippen molar-refractivity contribution in [3.63, 3.8) is 0 Å². The molecular formula is C19H19N3O. The molecule has 1 aromatic heterocycles. The summed E-state index contributed by atoms with van der Waals surface area (Å²) in [5, 5.41) is 2.06. The van der Waals surface area contributed by atoms with Gasteiger partial charge in [0.05, 0.1) is 22.3 Å². The molecule has 1 saturated heterocycles. The smallest absolute Gasteiger partial charge is 0.135 e. The Morgan fingerprint density at radius 3 is 2.61 bits per heavy atom.